The highest BCUT2D eigenvalue weighted by atomic mass is 35.5. The topological polar surface area (TPSA) is 469 Å². The van der Waals surface area contributed by atoms with Crippen LogP contribution in [0.4, 0.5) is 4.79 Å². The molecule has 0 unspecified atom stereocenters. The number of hydrogen-bond acceptors (Lipinski definition) is 15. The molecule has 19 N–H and O–H groups in total. The van der Waals surface area contributed by atoms with Crippen LogP contribution in [0.25, 0.3) is 10.9 Å². The summed E-state index contributed by atoms with van der Waals surface area (Å²) in [5.41, 5.74) is 24.6. The van der Waals surface area contributed by atoms with Gasteiger partial charge in [-0.25, -0.2) is 4.79 Å². The Bertz CT molecular complexity index is 3430. The average Bonchev–Trinajstić information content (AvgIpc) is 1.73. The summed E-state index contributed by atoms with van der Waals surface area (Å²) in [6, 6.07) is 18.4. The van der Waals surface area contributed by atoms with Crippen LogP contribution in [0.1, 0.15) is 81.0 Å². The lowest BCUT2D eigenvalue weighted by molar-refractivity contribution is -0.142. The molecular weight excluding hydrogens is 1240 g/mol. The molecule has 11 amide bonds. The van der Waals surface area contributed by atoms with Crippen molar-refractivity contribution >= 4 is 94.4 Å². The Morgan fingerprint density at radius 1 is 0.606 bits per heavy atom. The number of nitrogens with one attached hydrogen (secondary N) is 9. The number of guanidine groups is 1. The number of aliphatic hydroxyl groups excluding tert-OH is 1. The Kier molecular flexibility index (Phi) is 29.5. The van der Waals surface area contributed by atoms with Crippen LogP contribution >= 0.6 is 12.4 Å². The number of likely N-dealkylation sites (tertiary alicyclic amines) is 1. The van der Waals surface area contributed by atoms with Crippen molar-refractivity contribution in [1.29, 1.82) is 0 Å². The molecule has 29 nitrogen and oxygen atoms in total. The number of H-pyrrole nitrogens is 1. The van der Waals surface area contributed by atoms with E-state index in [1.54, 1.807) is 105 Å². The van der Waals surface area contributed by atoms with Crippen molar-refractivity contribution in [2.45, 2.75) is 133 Å². The number of aromatic hydroxyl groups is 1. The highest BCUT2D eigenvalue weighted by Gasteiger charge is 2.40. The number of phenolic OH excluding ortho intramolecular Hbond substituents is 1. The second-order valence-corrected chi connectivity index (χ2v) is 22.9. The number of nitrogens with zero attached hydrogens (tertiary/aromatic N) is 2. The van der Waals surface area contributed by atoms with Crippen LogP contribution in [0.2, 0.25) is 0 Å². The van der Waals surface area contributed by atoms with E-state index < -0.39 is 127 Å². The van der Waals surface area contributed by atoms with Gasteiger partial charge in [0.15, 0.2) is 5.96 Å². The van der Waals surface area contributed by atoms with Crippen molar-refractivity contribution < 1.29 is 67.7 Å². The highest BCUT2D eigenvalue weighted by molar-refractivity contribution is 5.99. The number of para-hydroxylation sites is 1. The zero-order valence-electron chi connectivity index (χ0n) is 52.2. The lowest BCUT2D eigenvalue weighted by atomic mass is 9.99. The number of primary amides is 2. The molecule has 0 saturated carbocycles. The van der Waals surface area contributed by atoms with Gasteiger partial charge >= 0.3 is 6.09 Å². The van der Waals surface area contributed by atoms with E-state index in [1.807, 2.05) is 0 Å². The minimum atomic E-state index is -1.82. The van der Waals surface area contributed by atoms with Crippen LogP contribution < -0.4 is 65.5 Å². The predicted octanol–water partition coefficient (Wildman–Crippen LogP) is -0.523. The second kappa shape index (κ2) is 37.3. The molecule has 2 heterocycles. The molecule has 4 aromatic carbocycles. The smallest absolute Gasteiger partial charge is 0.408 e. The fourth-order valence-electron chi connectivity index (χ4n) is 10.4. The molecule has 0 bridgehead atoms. The maximum absolute atomic E-state index is 14.9. The summed E-state index contributed by atoms with van der Waals surface area (Å²) < 4.78 is 5.34. The van der Waals surface area contributed by atoms with Gasteiger partial charge in [-0.1, -0.05) is 105 Å². The quantitative estimate of drug-likeness (QED) is 0.0138. The second-order valence-electron chi connectivity index (χ2n) is 22.9. The number of aromatic nitrogens is 1. The third-order valence-electron chi connectivity index (χ3n) is 15.1. The minimum absolute atomic E-state index is 0. The molecule has 1 aromatic heterocycles. The summed E-state index contributed by atoms with van der Waals surface area (Å²) in [4.78, 5) is 160. The maximum atomic E-state index is 14.9. The number of aliphatic imine (C=N–C) groups is 1. The number of carbonyl (C=O) groups is 11. The van der Waals surface area contributed by atoms with E-state index in [2.05, 4.69) is 52.5 Å². The molecule has 1 aliphatic heterocycles. The SMILES string of the molecule is CC(C)C[C@H](NC(=O)[C@@H](Cc1ccccc1)NC(=O)[C@H](Cc1ccc(O)cc1)NC(=O)[C@H](CO)NC(=O)[C@H](Cc1c[nH]c2ccccc12)NC(=O)[C@H](CCC(N)=O)NC(=O)OCc1ccccc1)C(=O)N[C@@H](CCCN=C(N)N)C(=O)N1CCC[C@H]1C(=O)NCC(N)=O.Cl. The van der Waals surface area contributed by atoms with E-state index in [0.717, 1.165) is 0 Å². The third-order valence-corrected chi connectivity index (χ3v) is 15.1. The summed E-state index contributed by atoms with van der Waals surface area (Å²) in [6.07, 6.45) is 0.139. The van der Waals surface area contributed by atoms with E-state index in [9.17, 15) is 63.0 Å². The number of phenols is 1. The number of carbonyl (C=O) groups excluding carboxylic acids is 11. The maximum Gasteiger partial charge on any atom is 0.408 e. The van der Waals surface area contributed by atoms with Gasteiger partial charge in [-0.2, -0.15) is 0 Å². The molecular formula is C64H84ClN15O14. The van der Waals surface area contributed by atoms with Gasteiger partial charge in [-0.05, 0) is 84.9 Å². The first-order valence-electron chi connectivity index (χ1n) is 30.5. The molecule has 30 heteroatoms. The number of benzene rings is 4. The van der Waals surface area contributed by atoms with E-state index in [1.165, 1.54) is 29.2 Å². The van der Waals surface area contributed by atoms with Gasteiger partial charge in [0.1, 0.15) is 60.7 Å². The summed E-state index contributed by atoms with van der Waals surface area (Å²) in [6.45, 7) is 2.13. The van der Waals surface area contributed by atoms with Crippen molar-refractivity contribution in [1.82, 2.24) is 52.4 Å². The van der Waals surface area contributed by atoms with Gasteiger partial charge in [0, 0.05) is 55.9 Å². The molecule has 1 saturated heterocycles. The molecule has 1 aliphatic rings. The van der Waals surface area contributed by atoms with Gasteiger partial charge in [0.05, 0.1) is 13.2 Å². The number of aliphatic hydroxyl groups is 1. The standard InChI is InChI=1S/C64H83N15O14.ClH/c1-37(2)29-47(56(85)72-46(19-11-27-69-63(67)68)62(91)79-28-12-20-52(79)61(90)71-34-54(66)83)73-57(86)48(30-38-13-5-3-6-14-38)74-58(87)49(31-39-21-23-42(81)24-22-39)75-60(89)51(35-80)77-59(88)50(32-41-33-70-44-18-10-9-17-43(41)44)76-55(84)45(25-26-53(65)82)78-64(92)93-36-40-15-7-4-8-16-40;/h3-10,13-18,21-24,33,37,45-52,70,80-81H,11-12,19-20,25-32,34-36H2,1-2H3,(H2,65,82)(H2,66,83)(H,71,90)(H,72,85)(H,73,86)(H,74,87)(H,75,89)(H,76,84)(H,77,88)(H,78,92)(H4,67,68,69);1H/t45-,46-,47-,48+,49-,50-,51-,52-;/m0./s1. The summed E-state index contributed by atoms with van der Waals surface area (Å²) >= 11 is 0. The Morgan fingerprint density at radius 2 is 1.13 bits per heavy atom. The first-order valence-corrected chi connectivity index (χ1v) is 30.5. The number of aromatic amines is 1. The van der Waals surface area contributed by atoms with Gasteiger partial charge in [0.25, 0.3) is 0 Å². The molecule has 1 fully saturated rings. The summed E-state index contributed by atoms with van der Waals surface area (Å²) in [5.74, 6) is -9.03. The van der Waals surface area contributed by atoms with Gasteiger partial charge < -0.3 is 90.3 Å². The van der Waals surface area contributed by atoms with E-state index >= 15 is 0 Å². The molecule has 94 heavy (non-hydrogen) atoms. The Labute approximate surface area is 548 Å². The molecule has 8 atom stereocenters. The average molecular weight is 1320 g/mol. The van der Waals surface area contributed by atoms with Crippen molar-refractivity contribution in [2.75, 3.05) is 26.2 Å². The number of rotatable bonds is 35. The zero-order valence-corrected chi connectivity index (χ0v) is 53.0. The van der Waals surface area contributed by atoms with E-state index in [0.29, 0.717) is 39.6 Å². The van der Waals surface area contributed by atoms with Crippen molar-refractivity contribution in [3.8, 4) is 5.75 Å². The largest absolute Gasteiger partial charge is 0.508 e. The zero-order chi connectivity index (χ0) is 67.6. The molecule has 6 rings (SSSR count). The highest BCUT2D eigenvalue weighted by Crippen LogP contribution is 2.22. The van der Waals surface area contributed by atoms with Crippen LogP contribution in [-0.2, 0) is 78.6 Å². The van der Waals surface area contributed by atoms with Crippen LogP contribution in [0.5, 0.6) is 5.75 Å². The fourth-order valence-corrected chi connectivity index (χ4v) is 10.4. The predicted molar refractivity (Wildman–Crippen MR) is 348 cm³/mol. The molecule has 506 valence electrons. The Balaban J connectivity index is 0.0000160. The lowest BCUT2D eigenvalue weighted by Crippen LogP contribution is -2.61. The Hall–Kier alpha value is -10.3. The van der Waals surface area contributed by atoms with Gasteiger partial charge in [-0.15, -0.1) is 12.4 Å². The van der Waals surface area contributed by atoms with Crippen LogP contribution in [0.3, 0.4) is 0 Å². The normalized spacial score (nSPS) is 14.8. The first-order chi connectivity index (χ1) is 44.5. The lowest BCUT2D eigenvalue weighted by Gasteiger charge is -2.30. The van der Waals surface area contributed by atoms with Crippen molar-refractivity contribution in [3.05, 3.63) is 138 Å². The number of fused-ring (bicyclic) bond motifs is 1. The van der Waals surface area contributed by atoms with Gasteiger partial charge in [-0.3, -0.25) is 52.9 Å². The third kappa shape index (κ3) is 23.7. The number of halogens is 1. The van der Waals surface area contributed by atoms with E-state index in [-0.39, 0.29) is 108 Å². The van der Waals surface area contributed by atoms with Crippen LogP contribution in [0, 0.1) is 5.92 Å². The van der Waals surface area contributed by atoms with Gasteiger partial charge in [0.2, 0.25) is 59.1 Å². The van der Waals surface area contributed by atoms with Crippen molar-refractivity contribution in [2.24, 2.45) is 33.8 Å². The summed E-state index contributed by atoms with van der Waals surface area (Å²) in [7, 11) is 0. The first kappa shape index (κ1) is 74.4. The number of nitrogens with two attached hydrogens (primary N) is 4. The minimum Gasteiger partial charge on any atom is -0.508 e. The summed E-state index contributed by atoms with van der Waals surface area (Å²) in [5, 5.41) is 42.5. The molecule has 0 spiro atoms. The molecule has 5 aromatic rings. The fraction of sp³-hybridized carbons (Fsp3) is 0.406. The van der Waals surface area contributed by atoms with Crippen LogP contribution in [-0.4, -0.2) is 166 Å². The number of amides is 11. The van der Waals surface area contributed by atoms with Crippen molar-refractivity contribution in [3.63, 3.8) is 0 Å². The number of hydrogen-bond donors (Lipinski definition) is 15. The number of alkyl carbamates (subject to hydrolysis) is 1. The molecule has 0 radical (unpaired) electrons. The van der Waals surface area contributed by atoms with E-state index in [4.69, 9.17) is 27.7 Å². The van der Waals surface area contributed by atoms with Crippen LogP contribution in [0.15, 0.2) is 120 Å². The number of ether oxygens (including phenoxy) is 1. The Morgan fingerprint density at radius 3 is 1.71 bits per heavy atom. The molecule has 0 aliphatic carbocycles. The monoisotopic (exact) mass is 1320 g/mol.